The average molecular weight is 471 g/mol. The number of hydrogen-bond acceptors (Lipinski definition) is 4. The van der Waals surface area contributed by atoms with Gasteiger partial charge < -0.3 is 15.2 Å². The number of nitrogens with one attached hydrogen (secondary N) is 2. The van der Waals surface area contributed by atoms with Crippen molar-refractivity contribution in [2.75, 3.05) is 11.9 Å². The first-order chi connectivity index (χ1) is 16.9. The molecule has 0 saturated heterocycles. The third-order valence-electron chi connectivity index (χ3n) is 6.09. The van der Waals surface area contributed by atoms with E-state index >= 15 is 0 Å². The van der Waals surface area contributed by atoms with E-state index in [1.54, 1.807) is 19.1 Å². The number of benzene rings is 3. The maximum atomic E-state index is 12.7. The van der Waals surface area contributed by atoms with Gasteiger partial charge >= 0.3 is 12.1 Å². The molecular weight excluding hydrogens is 444 g/mol. The molecule has 3 N–H and O–H groups in total. The second-order valence-corrected chi connectivity index (χ2v) is 8.37. The Morgan fingerprint density at radius 2 is 1.66 bits per heavy atom. The van der Waals surface area contributed by atoms with Crippen LogP contribution in [0.3, 0.4) is 0 Å². The number of amides is 2. The fraction of sp³-hybridized carbons (Fsp3) is 0.179. The van der Waals surface area contributed by atoms with Gasteiger partial charge in [0.15, 0.2) is 0 Å². The maximum Gasteiger partial charge on any atom is 0.411 e. The lowest BCUT2D eigenvalue weighted by atomic mass is 9.98. The van der Waals surface area contributed by atoms with Crippen molar-refractivity contribution in [3.63, 3.8) is 0 Å². The fourth-order valence-electron chi connectivity index (χ4n) is 4.27. The number of carboxylic acid groups (broad SMARTS) is 1. The minimum Gasteiger partial charge on any atom is -0.480 e. The van der Waals surface area contributed by atoms with Crippen LogP contribution in [0.1, 0.15) is 39.4 Å². The van der Waals surface area contributed by atoms with E-state index < -0.39 is 24.0 Å². The van der Waals surface area contributed by atoms with Crippen LogP contribution < -0.4 is 10.6 Å². The molecule has 0 aliphatic heterocycles. The molecule has 2 amide bonds. The number of carbonyl (C=O) groups is 3. The van der Waals surface area contributed by atoms with Crippen LogP contribution in [0.15, 0.2) is 79.4 Å². The molecule has 3 aromatic carbocycles. The second kappa shape index (κ2) is 10.3. The van der Waals surface area contributed by atoms with Crippen molar-refractivity contribution in [3.05, 3.63) is 102 Å². The van der Waals surface area contributed by atoms with E-state index in [-0.39, 0.29) is 24.5 Å². The highest BCUT2D eigenvalue weighted by Crippen LogP contribution is 2.44. The highest BCUT2D eigenvalue weighted by Gasteiger charge is 2.29. The second-order valence-electron chi connectivity index (χ2n) is 8.37. The highest BCUT2D eigenvalue weighted by atomic mass is 16.5. The van der Waals surface area contributed by atoms with Crippen molar-refractivity contribution in [2.24, 2.45) is 0 Å². The van der Waals surface area contributed by atoms with Crippen LogP contribution in [0.25, 0.3) is 11.1 Å². The van der Waals surface area contributed by atoms with E-state index in [4.69, 9.17) is 4.74 Å². The molecule has 1 aliphatic carbocycles. The molecule has 0 bridgehead atoms. The zero-order valence-corrected chi connectivity index (χ0v) is 19.3. The smallest absolute Gasteiger partial charge is 0.411 e. The molecule has 178 valence electrons. The number of hydrogen-bond donors (Lipinski definition) is 3. The Bertz CT molecular complexity index is 1250. The molecule has 1 atom stereocenters. The van der Waals surface area contributed by atoms with Gasteiger partial charge in [0.2, 0.25) is 0 Å². The largest absolute Gasteiger partial charge is 0.480 e. The number of ether oxygens (including phenoxy) is 1. The third-order valence-corrected chi connectivity index (χ3v) is 6.09. The summed E-state index contributed by atoms with van der Waals surface area (Å²) in [5.74, 6) is -1.78. The number of aliphatic carboxylic acids is 1. The van der Waals surface area contributed by atoms with E-state index in [9.17, 15) is 19.5 Å². The lowest BCUT2D eigenvalue weighted by Gasteiger charge is -2.16. The van der Waals surface area contributed by atoms with Gasteiger partial charge in [-0.3, -0.25) is 10.1 Å². The summed E-state index contributed by atoms with van der Waals surface area (Å²) >= 11 is 0. The summed E-state index contributed by atoms with van der Waals surface area (Å²) in [5.41, 5.74) is 5.87. The van der Waals surface area contributed by atoms with Gasteiger partial charge in [-0.1, -0.05) is 60.7 Å². The number of carbonyl (C=O) groups excluding carboxylic acids is 2. The molecule has 0 fully saturated rings. The topological polar surface area (TPSA) is 105 Å². The van der Waals surface area contributed by atoms with Gasteiger partial charge in [0.25, 0.3) is 5.91 Å². The lowest BCUT2D eigenvalue weighted by Crippen LogP contribution is -2.40. The zero-order chi connectivity index (χ0) is 24.9. The van der Waals surface area contributed by atoms with Crippen molar-refractivity contribution in [1.82, 2.24) is 5.32 Å². The van der Waals surface area contributed by atoms with Crippen LogP contribution >= 0.6 is 0 Å². The van der Waals surface area contributed by atoms with Crippen molar-refractivity contribution in [3.8, 4) is 11.1 Å². The Morgan fingerprint density at radius 3 is 2.26 bits per heavy atom. The molecule has 0 aromatic heterocycles. The molecule has 3 aromatic rings. The van der Waals surface area contributed by atoms with Crippen LogP contribution in [-0.4, -0.2) is 35.7 Å². The van der Waals surface area contributed by atoms with E-state index in [1.165, 1.54) is 12.1 Å². The predicted octanol–water partition coefficient (Wildman–Crippen LogP) is 5.12. The Morgan fingerprint density at radius 1 is 1.03 bits per heavy atom. The quantitative estimate of drug-likeness (QED) is 0.397. The summed E-state index contributed by atoms with van der Waals surface area (Å²) < 4.78 is 5.59. The van der Waals surface area contributed by atoms with Gasteiger partial charge in [-0.15, -0.1) is 6.58 Å². The molecule has 35 heavy (non-hydrogen) atoms. The number of rotatable bonds is 8. The Labute approximate surface area is 203 Å². The monoisotopic (exact) mass is 470 g/mol. The molecule has 1 unspecified atom stereocenters. The van der Waals surface area contributed by atoms with Crippen LogP contribution in [-0.2, 0) is 9.53 Å². The summed E-state index contributed by atoms with van der Waals surface area (Å²) in [5, 5.41) is 14.4. The minimum absolute atomic E-state index is 0.0656. The van der Waals surface area contributed by atoms with Crippen molar-refractivity contribution in [1.29, 1.82) is 0 Å². The molecule has 0 saturated carbocycles. The average Bonchev–Trinajstić information content (AvgIpc) is 3.17. The summed E-state index contributed by atoms with van der Waals surface area (Å²) in [4.78, 5) is 36.5. The first-order valence-electron chi connectivity index (χ1n) is 11.3. The van der Waals surface area contributed by atoms with Crippen molar-refractivity contribution in [2.45, 2.75) is 25.3 Å². The van der Waals surface area contributed by atoms with Gasteiger partial charge in [0.05, 0.1) is 0 Å². The van der Waals surface area contributed by atoms with Crippen molar-refractivity contribution < 1.29 is 24.2 Å². The highest BCUT2D eigenvalue weighted by molar-refractivity contribution is 5.98. The summed E-state index contributed by atoms with van der Waals surface area (Å²) in [6, 6.07) is 19.8. The molecular formula is C28H26N2O5. The van der Waals surface area contributed by atoms with Gasteiger partial charge in [-0.05, 0) is 53.3 Å². The lowest BCUT2D eigenvalue weighted by molar-refractivity contribution is -0.139. The van der Waals surface area contributed by atoms with Gasteiger partial charge in [0.1, 0.15) is 12.6 Å². The van der Waals surface area contributed by atoms with Crippen LogP contribution in [0.4, 0.5) is 10.5 Å². The number of fused-ring (bicyclic) bond motifs is 3. The molecule has 0 heterocycles. The SMILES string of the molecule is C=CCC(NC(=O)c1ccc(C)c(NC(=O)OCC2c3ccccc3-c3ccccc32)c1)C(=O)O. The normalized spacial score (nSPS) is 12.7. The third kappa shape index (κ3) is 5.09. The van der Waals surface area contributed by atoms with Crippen LogP contribution in [0.5, 0.6) is 0 Å². The molecule has 7 nitrogen and oxygen atoms in total. The Hall–Kier alpha value is -4.39. The number of carboxylic acids is 1. The van der Waals surface area contributed by atoms with E-state index in [0.29, 0.717) is 5.69 Å². The molecule has 1 aliphatic rings. The van der Waals surface area contributed by atoms with Crippen molar-refractivity contribution >= 4 is 23.7 Å². The molecule has 7 heteroatoms. The van der Waals surface area contributed by atoms with E-state index in [0.717, 1.165) is 27.8 Å². The Balaban J connectivity index is 1.44. The van der Waals surface area contributed by atoms with E-state index in [1.807, 2.05) is 36.4 Å². The summed E-state index contributed by atoms with van der Waals surface area (Å²) in [7, 11) is 0. The van der Waals surface area contributed by atoms with Gasteiger partial charge in [-0.2, -0.15) is 0 Å². The fourth-order valence-corrected chi connectivity index (χ4v) is 4.27. The maximum absolute atomic E-state index is 12.7. The minimum atomic E-state index is -1.15. The predicted molar refractivity (Wildman–Crippen MR) is 134 cm³/mol. The summed E-state index contributed by atoms with van der Waals surface area (Å²) in [6.07, 6.45) is 0.887. The Kier molecular flexibility index (Phi) is 6.96. The summed E-state index contributed by atoms with van der Waals surface area (Å²) in [6.45, 7) is 5.47. The standard InChI is InChI=1S/C28H26N2O5/c1-3-8-24(27(32)33)29-26(31)18-14-13-17(2)25(15-18)30-28(34)35-16-23-21-11-6-4-9-19(21)20-10-5-7-12-22(20)23/h3-7,9-15,23-24H,1,8,16H2,2H3,(H,29,31)(H,30,34)(H,32,33). The zero-order valence-electron chi connectivity index (χ0n) is 19.3. The molecule has 4 rings (SSSR count). The van der Waals surface area contributed by atoms with Crippen LogP contribution in [0.2, 0.25) is 0 Å². The first kappa shape index (κ1) is 23.8. The van der Waals surface area contributed by atoms with E-state index in [2.05, 4.69) is 29.3 Å². The van der Waals surface area contributed by atoms with Gasteiger partial charge in [0, 0.05) is 17.2 Å². The first-order valence-corrected chi connectivity index (χ1v) is 11.3. The molecule has 0 radical (unpaired) electrons. The molecule has 0 spiro atoms. The van der Waals surface area contributed by atoms with Gasteiger partial charge in [-0.25, -0.2) is 9.59 Å². The number of anilines is 1. The number of aryl methyl sites for hydroxylation is 1. The van der Waals surface area contributed by atoms with Crippen LogP contribution in [0, 0.1) is 6.92 Å².